The van der Waals surface area contributed by atoms with Crippen molar-refractivity contribution in [2.45, 2.75) is 6.92 Å². The van der Waals surface area contributed by atoms with Crippen LogP contribution in [-0.2, 0) is 0 Å². The molecule has 0 bridgehead atoms. The highest BCUT2D eigenvalue weighted by atomic mass is 16.2. The molecule has 5 aromatic carbocycles. The third-order valence-electron chi connectivity index (χ3n) is 7.22. The first-order chi connectivity index (χ1) is 18.2. The first-order valence-corrected chi connectivity index (χ1v) is 12.5. The number of aromatic nitrogens is 2. The van der Waals surface area contributed by atoms with Crippen LogP contribution in [0.5, 0.6) is 0 Å². The highest BCUT2D eigenvalue weighted by Crippen LogP contribution is 2.36. The smallest absolute Gasteiger partial charge is 0.262 e. The lowest BCUT2D eigenvalue weighted by Gasteiger charge is -2.10. The van der Waals surface area contributed by atoms with Crippen LogP contribution in [0, 0.1) is 6.92 Å². The molecular weight excluding hydrogens is 452 g/mol. The van der Waals surface area contributed by atoms with Crippen LogP contribution in [0.25, 0.3) is 49.5 Å². The zero-order valence-corrected chi connectivity index (χ0v) is 20.4. The number of nitrogens with zero attached hydrogens (tertiary/aromatic N) is 2. The van der Waals surface area contributed by atoms with Gasteiger partial charge in [0.1, 0.15) is 0 Å². The van der Waals surface area contributed by atoms with Crippen molar-refractivity contribution in [2.75, 3.05) is 0 Å². The van der Waals surface area contributed by atoms with Gasteiger partial charge in [0, 0.05) is 33.6 Å². The predicted octanol–water partition coefficient (Wildman–Crippen LogP) is 8.40. The third-order valence-corrected chi connectivity index (χ3v) is 7.22. The molecule has 0 aliphatic heterocycles. The summed E-state index contributed by atoms with van der Waals surface area (Å²) in [5.74, 6) is -0.0117. The first-order valence-electron chi connectivity index (χ1n) is 12.5. The van der Waals surface area contributed by atoms with Crippen LogP contribution in [0.15, 0.2) is 128 Å². The van der Waals surface area contributed by atoms with Crippen molar-refractivity contribution in [3.8, 4) is 16.8 Å². The van der Waals surface area contributed by atoms with E-state index >= 15 is 0 Å². The van der Waals surface area contributed by atoms with Crippen LogP contribution in [0.4, 0.5) is 0 Å². The molecule has 0 saturated carbocycles. The molecule has 7 aromatic rings. The highest BCUT2D eigenvalue weighted by molar-refractivity contribution is 6.23. The van der Waals surface area contributed by atoms with Crippen molar-refractivity contribution in [2.24, 2.45) is 0 Å². The number of fused-ring (bicyclic) bond motifs is 5. The van der Waals surface area contributed by atoms with E-state index in [4.69, 9.17) is 0 Å². The quantitative estimate of drug-likeness (QED) is 0.251. The normalized spacial score (nSPS) is 11.5. The van der Waals surface area contributed by atoms with E-state index in [1.165, 1.54) is 11.1 Å². The molecule has 0 N–H and O–H groups in total. The Labute approximate surface area is 214 Å². The molecule has 37 heavy (non-hydrogen) atoms. The molecule has 0 saturated heterocycles. The lowest BCUT2D eigenvalue weighted by atomic mass is 10.1. The fourth-order valence-corrected chi connectivity index (χ4v) is 5.46. The van der Waals surface area contributed by atoms with E-state index in [2.05, 4.69) is 83.6 Å². The number of benzene rings is 5. The zero-order valence-electron chi connectivity index (χ0n) is 20.4. The largest absolute Gasteiger partial charge is 0.316 e. The number of carbonyl (C=O) groups is 1. The van der Waals surface area contributed by atoms with Gasteiger partial charge in [0.15, 0.2) is 0 Å². The van der Waals surface area contributed by atoms with Crippen molar-refractivity contribution in [1.29, 1.82) is 0 Å². The van der Waals surface area contributed by atoms with Gasteiger partial charge in [-0.25, -0.2) is 0 Å². The summed E-state index contributed by atoms with van der Waals surface area (Å²) in [7, 11) is 0. The maximum absolute atomic E-state index is 13.9. The monoisotopic (exact) mass is 476 g/mol. The van der Waals surface area contributed by atoms with Gasteiger partial charge < -0.3 is 4.57 Å². The highest BCUT2D eigenvalue weighted by Gasteiger charge is 2.20. The second kappa shape index (κ2) is 8.35. The van der Waals surface area contributed by atoms with E-state index in [9.17, 15) is 4.79 Å². The van der Waals surface area contributed by atoms with Gasteiger partial charge in [-0.2, -0.15) is 0 Å². The molecule has 176 valence electrons. The summed E-state index contributed by atoms with van der Waals surface area (Å²) in [6.45, 7) is 2.02. The number of hydrogen-bond donors (Lipinski definition) is 0. The topological polar surface area (TPSA) is 26.9 Å². The minimum Gasteiger partial charge on any atom is -0.316 e. The number of aryl methyl sites for hydroxylation is 1. The molecule has 0 amide bonds. The maximum Gasteiger partial charge on any atom is 0.262 e. The molecule has 0 aliphatic rings. The van der Waals surface area contributed by atoms with Crippen molar-refractivity contribution in [1.82, 2.24) is 9.13 Å². The summed E-state index contributed by atoms with van der Waals surface area (Å²) in [5, 5.41) is 3.23. The number of hydrogen-bond acceptors (Lipinski definition) is 1. The SMILES string of the molecule is Cc1cccc(C(=O)n2c3ccccc3c3ccc4c(ccn4-c4ccc(-c5ccccc5)cc4)c32)c1. The van der Waals surface area contributed by atoms with Gasteiger partial charge >= 0.3 is 0 Å². The first kappa shape index (κ1) is 21.4. The number of carbonyl (C=O) groups excluding carboxylic acids is 1. The Morgan fingerprint density at radius 3 is 2.16 bits per heavy atom. The Bertz CT molecular complexity index is 1940. The van der Waals surface area contributed by atoms with Crippen molar-refractivity contribution in [3.05, 3.63) is 139 Å². The summed E-state index contributed by atoms with van der Waals surface area (Å²) in [4.78, 5) is 13.9. The van der Waals surface area contributed by atoms with Gasteiger partial charge in [0.05, 0.1) is 16.6 Å². The van der Waals surface area contributed by atoms with Crippen LogP contribution >= 0.6 is 0 Å². The molecule has 0 spiro atoms. The Morgan fingerprint density at radius 1 is 0.595 bits per heavy atom. The predicted molar refractivity (Wildman–Crippen MR) is 153 cm³/mol. The van der Waals surface area contributed by atoms with Crippen LogP contribution in [-0.4, -0.2) is 15.0 Å². The van der Waals surface area contributed by atoms with Crippen LogP contribution < -0.4 is 0 Å². The van der Waals surface area contributed by atoms with Crippen molar-refractivity contribution < 1.29 is 4.79 Å². The van der Waals surface area contributed by atoms with E-state index in [0.29, 0.717) is 5.56 Å². The Balaban J connectivity index is 1.44. The fraction of sp³-hybridized carbons (Fsp3) is 0.0294. The van der Waals surface area contributed by atoms with Gasteiger partial charge in [-0.15, -0.1) is 0 Å². The summed E-state index contributed by atoms with van der Waals surface area (Å²) < 4.78 is 4.09. The van der Waals surface area contributed by atoms with E-state index in [1.54, 1.807) is 0 Å². The van der Waals surface area contributed by atoms with Gasteiger partial charge in [0.2, 0.25) is 0 Å². The molecule has 0 radical (unpaired) electrons. The minimum atomic E-state index is -0.0117. The second-order valence-corrected chi connectivity index (χ2v) is 9.52. The molecule has 0 atom stereocenters. The Kier molecular flexibility index (Phi) is 4.83. The number of para-hydroxylation sites is 1. The lowest BCUT2D eigenvalue weighted by Crippen LogP contribution is -2.12. The summed E-state index contributed by atoms with van der Waals surface area (Å²) in [6.07, 6.45) is 2.10. The number of rotatable bonds is 3. The van der Waals surface area contributed by atoms with Crippen molar-refractivity contribution >= 4 is 38.6 Å². The Morgan fingerprint density at radius 2 is 1.35 bits per heavy atom. The minimum absolute atomic E-state index is 0.0117. The molecule has 0 aliphatic carbocycles. The van der Waals surface area contributed by atoms with Gasteiger partial charge in [-0.05, 0) is 60.5 Å². The fourth-order valence-electron chi connectivity index (χ4n) is 5.46. The molecule has 3 heteroatoms. The van der Waals surface area contributed by atoms with Crippen LogP contribution in [0.1, 0.15) is 15.9 Å². The molecule has 3 nitrogen and oxygen atoms in total. The summed E-state index contributed by atoms with van der Waals surface area (Å²) in [6, 6.07) is 41.5. The van der Waals surface area contributed by atoms with E-state index < -0.39 is 0 Å². The van der Waals surface area contributed by atoms with Crippen molar-refractivity contribution in [3.63, 3.8) is 0 Å². The third kappa shape index (κ3) is 3.40. The van der Waals surface area contributed by atoms with Gasteiger partial charge in [-0.1, -0.05) is 84.4 Å². The molecule has 7 rings (SSSR count). The molecule has 0 fully saturated rings. The van der Waals surface area contributed by atoms with E-state index in [0.717, 1.165) is 44.0 Å². The summed E-state index contributed by atoms with van der Waals surface area (Å²) >= 11 is 0. The van der Waals surface area contributed by atoms with Gasteiger partial charge in [-0.3, -0.25) is 9.36 Å². The van der Waals surface area contributed by atoms with Crippen LogP contribution in [0.2, 0.25) is 0 Å². The second-order valence-electron chi connectivity index (χ2n) is 9.52. The van der Waals surface area contributed by atoms with E-state index in [-0.39, 0.29) is 5.91 Å². The molecular formula is C34H24N2O. The molecule has 0 unspecified atom stereocenters. The maximum atomic E-state index is 13.9. The lowest BCUT2D eigenvalue weighted by molar-refractivity contribution is 0.0969. The average Bonchev–Trinajstić information content (AvgIpc) is 3.53. The molecule has 2 aromatic heterocycles. The summed E-state index contributed by atoms with van der Waals surface area (Å²) in [5.41, 5.74) is 8.18. The van der Waals surface area contributed by atoms with E-state index in [1.807, 2.05) is 60.0 Å². The van der Waals surface area contributed by atoms with Crippen LogP contribution in [0.3, 0.4) is 0 Å². The Hall–Kier alpha value is -4.89. The zero-order chi connectivity index (χ0) is 24.9. The standard InChI is InChI=1S/C34H24N2O/c1-23-8-7-11-26(22-23)34(37)36-32-13-6-5-12-28(32)29-18-19-31-30(33(29)36)20-21-35(31)27-16-14-25(15-17-27)24-9-3-2-4-10-24/h2-22H,1H3. The average molecular weight is 477 g/mol. The van der Waals surface area contributed by atoms with Gasteiger partial charge in [0.25, 0.3) is 5.91 Å². The molecule has 2 heterocycles.